The lowest BCUT2D eigenvalue weighted by molar-refractivity contribution is -0.199. The lowest BCUT2D eigenvalue weighted by Gasteiger charge is -2.30. The Balaban J connectivity index is 2.00. The predicted molar refractivity (Wildman–Crippen MR) is 167 cm³/mol. The Morgan fingerprint density at radius 2 is 0.667 bits per heavy atom. The molecule has 2 rings (SSSR count). The number of aliphatic carboxylic acids is 4. The van der Waals surface area contributed by atoms with E-state index in [1.54, 1.807) is 19.6 Å². The first kappa shape index (κ1) is 40.7. The van der Waals surface area contributed by atoms with Gasteiger partial charge in [-0.2, -0.15) is 0 Å². The summed E-state index contributed by atoms with van der Waals surface area (Å²) in [6.45, 7) is 4.34. The van der Waals surface area contributed by atoms with E-state index in [1.165, 1.54) is 10.1 Å². The maximum atomic E-state index is 12.8. The average Bonchev–Trinajstić information content (AvgIpc) is 2.98. The van der Waals surface area contributed by atoms with Crippen molar-refractivity contribution >= 4 is 35.8 Å². The van der Waals surface area contributed by atoms with Crippen molar-refractivity contribution < 1.29 is 58.9 Å². The standard InChI is InChI=1S/C28H50N8O12/c37-23(38)19-31-7-3-29-4-8-32(20-24(39)40)12-16-35(15-11-31)47-27(45)1-2-28(46)48-36-17-13-33(21-25(41)42)9-5-30-6-10-34(14-18-36)22-26(43)44/h29-30H,1-22H2,(H,37,38)(H,39,40)(H,41,42)(H,43,44). The molecule has 0 atom stereocenters. The molecule has 20 nitrogen and oxygen atoms in total. The summed E-state index contributed by atoms with van der Waals surface area (Å²) in [6.07, 6.45) is -0.681. The van der Waals surface area contributed by atoms with Crippen LogP contribution in [-0.2, 0) is 38.4 Å². The second-order valence-corrected chi connectivity index (χ2v) is 11.5. The minimum absolute atomic E-state index is 0.146. The number of carbonyl (C=O) groups excluding carboxylic acids is 2. The Hall–Kier alpha value is -3.50. The number of carbonyl (C=O) groups is 6. The number of hydrogen-bond donors (Lipinski definition) is 6. The van der Waals surface area contributed by atoms with Gasteiger partial charge in [-0.1, -0.05) is 0 Å². The van der Waals surface area contributed by atoms with Crippen molar-refractivity contribution in [1.82, 2.24) is 40.4 Å². The molecule has 0 amide bonds. The molecule has 0 aromatic rings. The molecular formula is C28H50N8O12. The number of hydroxylamine groups is 4. The molecule has 0 radical (unpaired) electrons. The maximum absolute atomic E-state index is 12.8. The van der Waals surface area contributed by atoms with E-state index in [-0.39, 0.29) is 91.4 Å². The topological polar surface area (TPSA) is 245 Å². The fraction of sp³-hybridized carbons (Fsp3) is 0.786. The number of hydrogen-bond acceptors (Lipinski definition) is 16. The summed E-state index contributed by atoms with van der Waals surface area (Å²) in [6, 6.07) is 0. The van der Waals surface area contributed by atoms with Gasteiger partial charge in [0.15, 0.2) is 0 Å². The molecule has 2 aliphatic heterocycles. The van der Waals surface area contributed by atoms with Crippen LogP contribution in [0.2, 0.25) is 0 Å². The van der Waals surface area contributed by atoms with Crippen molar-refractivity contribution in [2.45, 2.75) is 12.8 Å². The number of carboxylic acid groups (broad SMARTS) is 4. The second-order valence-electron chi connectivity index (χ2n) is 11.5. The van der Waals surface area contributed by atoms with Gasteiger partial charge in [-0.05, 0) is 0 Å². The molecule has 0 aliphatic carbocycles. The highest BCUT2D eigenvalue weighted by Gasteiger charge is 2.22. The third-order valence-corrected chi connectivity index (χ3v) is 7.51. The molecule has 0 bridgehead atoms. The fourth-order valence-corrected chi connectivity index (χ4v) is 5.04. The van der Waals surface area contributed by atoms with E-state index < -0.39 is 35.8 Å². The zero-order valence-electron chi connectivity index (χ0n) is 27.3. The fourth-order valence-electron chi connectivity index (χ4n) is 5.04. The molecule has 0 unspecified atom stereocenters. The summed E-state index contributed by atoms with van der Waals surface area (Å²) in [5.74, 6) is -5.50. The molecule has 274 valence electrons. The van der Waals surface area contributed by atoms with Gasteiger partial charge in [0.1, 0.15) is 0 Å². The van der Waals surface area contributed by atoms with Gasteiger partial charge in [0, 0.05) is 105 Å². The normalized spacial score (nSPS) is 20.2. The molecule has 2 heterocycles. The number of nitrogens with zero attached hydrogens (tertiary/aromatic N) is 6. The van der Waals surface area contributed by atoms with Crippen LogP contribution in [0.1, 0.15) is 12.8 Å². The van der Waals surface area contributed by atoms with Crippen molar-refractivity contribution in [3.05, 3.63) is 0 Å². The van der Waals surface area contributed by atoms with Gasteiger partial charge in [0.2, 0.25) is 0 Å². The molecule has 6 N–H and O–H groups in total. The Labute approximate surface area is 279 Å². The van der Waals surface area contributed by atoms with Crippen LogP contribution < -0.4 is 10.6 Å². The molecule has 20 heteroatoms. The quantitative estimate of drug-likeness (QED) is 0.108. The van der Waals surface area contributed by atoms with Gasteiger partial charge in [0.25, 0.3) is 0 Å². The van der Waals surface area contributed by atoms with Crippen molar-refractivity contribution in [3.8, 4) is 0 Å². The molecule has 2 aliphatic rings. The first-order valence-electron chi connectivity index (χ1n) is 16.0. The molecule has 2 fully saturated rings. The Morgan fingerprint density at radius 3 is 0.896 bits per heavy atom. The Kier molecular flexibility index (Phi) is 19.5. The summed E-state index contributed by atoms with van der Waals surface area (Å²) in [5, 5.41) is 46.1. The zero-order chi connectivity index (χ0) is 35.3. The predicted octanol–water partition coefficient (Wildman–Crippen LogP) is -3.96. The number of carboxylic acids is 4. The van der Waals surface area contributed by atoms with E-state index in [2.05, 4.69) is 10.6 Å². The van der Waals surface area contributed by atoms with Crippen LogP contribution in [0.5, 0.6) is 0 Å². The van der Waals surface area contributed by atoms with Crippen molar-refractivity contribution in [1.29, 1.82) is 0 Å². The third kappa shape index (κ3) is 19.4. The summed E-state index contributed by atoms with van der Waals surface area (Å²) in [4.78, 5) is 88.7. The lowest BCUT2D eigenvalue weighted by atomic mass is 10.3. The van der Waals surface area contributed by atoms with Crippen LogP contribution in [0.4, 0.5) is 0 Å². The van der Waals surface area contributed by atoms with E-state index in [4.69, 9.17) is 9.68 Å². The van der Waals surface area contributed by atoms with Gasteiger partial charge in [-0.25, -0.2) is 0 Å². The minimum Gasteiger partial charge on any atom is -0.480 e. The third-order valence-electron chi connectivity index (χ3n) is 7.51. The molecule has 48 heavy (non-hydrogen) atoms. The van der Waals surface area contributed by atoms with Crippen LogP contribution >= 0.6 is 0 Å². The highest BCUT2D eigenvalue weighted by Crippen LogP contribution is 2.05. The summed E-state index contributed by atoms with van der Waals surface area (Å²) in [5.41, 5.74) is 0. The highest BCUT2D eigenvalue weighted by atomic mass is 16.7. The lowest BCUT2D eigenvalue weighted by Crippen LogP contribution is -2.47. The molecule has 0 aromatic carbocycles. The maximum Gasteiger partial charge on any atom is 0.325 e. The van der Waals surface area contributed by atoms with E-state index in [0.29, 0.717) is 52.4 Å². The summed E-state index contributed by atoms with van der Waals surface area (Å²) < 4.78 is 0. The largest absolute Gasteiger partial charge is 0.480 e. The van der Waals surface area contributed by atoms with Crippen LogP contribution in [0, 0.1) is 0 Å². The van der Waals surface area contributed by atoms with Crippen LogP contribution in [0.25, 0.3) is 0 Å². The van der Waals surface area contributed by atoms with E-state index in [0.717, 1.165) is 0 Å². The summed E-state index contributed by atoms with van der Waals surface area (Å²) >= 11 is 0. The first-order chi connectivity index (χ1) is 22.9. The molecular weight excluding hydrogens is 640 g/mol. The van der Waals surface area contributed by atoms with E-state index in [1.807, 2.05) is 0 Å². The molecule has 0 spiro atoms. The smallest absolute Gasteiger partial charge is 0.325 e. The SMILES string of the molecule is O=C(O)CN1CCNCCN(CC(=O)O)CCN(OC(=O)CCC(=O)ON2CCN(CC(=O)O)CCNCCN(CC(=O)O)CC2)CC1. The van der Waals surface area contributed by atoms with Gasteiger partial charge < -0.3 is 40.7 Å². The monoisotopic (exact) mass is 690 g/mol. The minimum atomic E-state index is -1.00. The summed E-state index contributed by atoms with van der Waals surface area (Å²) in [7, 11) is 0. The van der Waals surface area contributed by atoms with Crippen LogP contribution in [-0.4, -0.2) is 217 Å². The van der Waals surface area contributed by atoms with Crippen molar-refractivity contribution in [2.24, 2.45) is 0 Å². The number of rotatable bonds is 13. The molecule has 0 saturated carbocycles. The van der Waals surface area contributed by atoms with Crippen molar-refractivity contribution in [3.63, 3.8) is 0 Å². The van der Waals surface area contributed by atoms with Gasteiger partial charge in [-0.3, -0.25) is 48.4 Å². The Bertz CT molecular complexity index is 914. The highest BCUT2D eigenvalue weighted by molar-refractivity contribution is 5.77. The molecule has 0 aromatic heterocycles. The van der Waals surface area contributed by atoms with E-state index in [9.17, 15) is 49.2 Å². The van der Waals surface area contributed by atoms with E-state index >= 15 is 0 Å². The average molecular weight is 691 g/mol. The van der Waals surface area contributed by atoms with Gasteiger partial charge >= 0.3 is 35.8 Å². The van der Waals surface area contributed by atoms with Gasteiger partial charge in [-0.15, -0.1) is 10.1 Å². The van der Waals surface area contributed by atoms with Crippen LogP contribution in [0.3, 0.4) is 0 Å². The van der Waals surface area contributed by atoms with Crippen LogP contribution in [0.15, 0.2) is 0 Å². The second kappa shape index (κ2) is 23.0. The van der Waals surface area contributed by atoms with Crippen molar-refractivity contribution in [2.75, 3.05) is 131 Å². The molecule has 2 saturated heterocycles. The zero-order valence-corrected chi connectivity index (χ0v) is 27.3. The number of nitrogens with one attached hydrogen (secondary N) is 2. The van der Waals surface area contributed by atoms with Gasteiger partial charge in [0.05, 0.1) is 39.0 Å². The first-order valence-corrected chi connectivity index (χ1v) is 16.0. The Morgan fingerprint density at radius 1 is 0.417 bits per heavy atom.